The van der Waals surface area contributed by atoms with Crippen LogP contribution in [0.5, 0.6) is 0 Å². The van der Waals surface area contributed by atoms with Crippen molar-refractivity contribution in [3.8, 4) is 0 Å². The van der Waals surface area contributed by atoms with Gasteiger partial charge in [0.05, 0.1) is 0 Å². The number of fused-ring (bicyclic) bond motifs is 1. The first kappa shape index (κ1) is 11.4. The molecule has 1 heterocycles. The highest BCUT2D eigenvalue weighted by atomic mass is 79.9. The molecule has 0 fully saturated rings. The molecule has 0 aliphatic heterocycles. The molecule has 0 radical (unpaired) electrons. The fraction of sp³-hybridized carbons (Fsp3) is 0.0667. The van der Waals surface area contributed by atoms with Crippen LogP contribution >= 0.6 is 15.9 Å². The summed E-state index contributed by atoms with van der Waals surface area (Å²) in [5, 5.41) is 4.63. The van der Waals surface area contributed by atoms with Gasteiger partial charge >= 0.3 is 0 Å². The predicted octanol–water partition coefficient (Wildman–Crippen LogP) is 4.54. The predicted molar refractivity (Wildman–Crippen MR) is 79.8 cm³/mol. The van der Waals surface area contributed by atoms with Crippen molar-refractivity contribution in [3.63, 3.8) is 0 Å². The van der Waals surface area contributed by atoms with Gasteiger partial charge < -0.3 is 10.3 Å². The fourth-order valence-electron chi connectivity index (χ4n) is 1.97. The molecule has 3 aromatic rings. The van der Waals surface area contributed by atoms with Gasteiger partial charge in [-0.25, -0.2) is 0 Å². The third-order valence-electron chi connectivity index (χ3n) is 2.93. The Bertz CT molecular complexity index is 623. The quantitative estimate of drug-likeness (QED) is 0.730. The molecule has 2 nitrogen and oxygen atoms in total. The van der Waals surface area contributed by atoms with Gasteiger partial charge in [-0.1, -0.05) is 46.3 Å². The Balaban J connectivity index is 1.74. The molecule has 3 heteroatoms. The molecule has 2 N–H and O–H groups in total. The van der Waals surface area contributed by atoms with E-state index in [0.717, 1.165) is 22.4 Å². The maximum Gasteiger partial charge on any atom is 0.104 e. The highest BCUT2D eigenvalue weighted by molar-refractivity contribution is 9.10. The molecular formula is C15H13BrN2. The molecule has 90 valence electrons. The fourth-order valence-corrected chi connectivity index (χ4v) is 2.23. The lowest BCUT2D eigenvalue weighted by Gasteiger charge is -2.03. The van der Waals surface area contributed by atoms with Crippen molar-refractivity contribution in [1.82, 2.24) is 4.98 Å². The van der Waals surface area contributed by atoms with Gasteiger partial charge in [0, 0.05) is 21.9 Å². The number of hydrogen-bond donors (Lipinski definition) is 2. The van der Waals surface area contributed by atoms with E-state index in [1.165, 1.54) is 10.9 Å². The van der Waals surface area contributed by atoms with Crippen LogP contribution in [0.3, 0.4) is 0 Å². The van der Waals surface area contributed by atoms with Crippen LogP contribution in [0.2, 0.25) is 0 Å². The van der Waals surface area contributed by atoms with Crippen molar-refractivity contribution in [1.29, 1.82) is 0 Å². The number of nitrogens with one attached hydrogen (secondary N) is 2. The molecule has 2 aromatic carbocycles. The van der Waals surface area contributed by atoms with Crippen LogP contribution in [-0.4, -0.2) is 4.98 Å². The maximum absolute atomic E-state index is 3.44. The number of anilines is 1. The molecule has 0 spiro atoms. The second kappa shape index (κ2) is 4.86. The van der Waals surface area contributed by atoms with Gasteiger partial charge in [0.2, 0.25) is 0 Å². The van der Waals surface area contributed by atoms with Crippen molar-refractivity contribution >= 4 is 32.7 Å². The standard InChI is InChI=1S/C15H13BrN2/c16-13-7-5-11(6-8-13)10-17-15-9-12-3-1-2-4-14(12)18-15/h1-9,17-18H,10H2. The van der Waals surface area contributed by atoms with Crippen LogP contribution in [0.4, 0.5) is 5.82 Å². The van der Waals surface area contributed by atoms with E-state index in [0.29, 0.717) is 0 Å². The van der Waals surface area contributed by atoms with E-state index < -0.39 is 0 Å². The summed E-state index contributed by atoms with van der Waals surface area (Å²) in [6, 6.07) is 18.8. The highest BCUT2D eigenvalue weighted by Gasteiger charge is 1.99. The van der Waals surface area contributed by atoms with Crippen LogP contribution in [0.15, 0.2) is 59.1 Å². The summed E-state index contributed by atoms with van der Waals surface area (Å²) < 4.78 is 1.11. The maximum atomic E-state index is 3.44. The Hall–Kier alpha value is -1.74. The minimum atomic E-state index is 0.820. The highest BCUT2D eigenvalue weighted by Crippen LogP contribution is 2.19. The summed E-state index contributed by atoms with van der Waals surface area (Å²) >= 11 is 3.44. The minimum Gasteiger partial charge on any atom is -0.368 e. The SMILES string of the molecule is Brc1ccc(CNc2cc3ccccc3[nH]2)cc1. The number of benzene rings is 2. The molecule has 0 aliphatic carbocycles. The monoisotopic (exact) mass is 300 g/mol. The van der Waals surface area contributed by atoms with Gasteiger partial charge in [-0.3, -0.25) is 0 Å². The summed E-state index contributed by atoms with van der Waals surface area (Å²) in [5.74, 6) is 1.05. The lowest BCUT2D eigenvalue weighted by Crippen LogP contribution is -1.98. The van der Waals surface area contributed by atoms with E-state index >= 15 is 0 Å². The van der Waals surface area contributed by atoms with Gasteiger partial charge in [0.25, 0.3) is 0 Å². The number of aromatic nitrogens is 1. The van der Waals surface area contributed by atoms with E-state index in [9.17, 15) is 0 Å². The average molecular weight is 301 g/mol. The summed E-state index contributed by atoms with van der Waals surface area (Å²) in [6.07, 6.45) is 0. The van der Waals surface area contributed by atoms with E-state index in [-0.39, 0.29) is 0 Å². The molecule has 0 amide bonds. The summed E-state index contributed by atoms with van der Waals surface area (Å²) in [4.78, 5) is 3.36. The molecule has 0 saturated heterocycles. The van der Waals surface area contributed by atoms with Gasteiger partial charge in [-0.05, 0) is 29.8 Å². The third kappa shape index (κ3) is 2.41. The summed E-state index contributed by atoms with van der Waals surface area (Å²) in [5.41, 5.74) is 2.42. The molecule has 0 unspecified atom stereocenters. The van der Waals surface area contributed by atoms with Gasteiger partial charge in [-0.15, -0.1) is 0 Å². The first-order chi connectivity index (χ1) is 8.81. The number of H-pyrrole nitrogens is 1. The number of halogens is 1. The lowest BCUT2D eigenvalue weighted by atomic mass is 10.2. The zero-order valence-corrected chi connectivity index (χ0v) is 11.4. The van der Waals surface area contributed by atoms with Gasteiger partial charge in [0.15, 0.2) is 0 Å². The molecule has 0 saturated carbocycles. The van der Waals surface area contributed by atoms with Crippen molar-refractivity contribution < 1.29 is 0 Å². The lowest BCUT2D eigenvalue weighted by molar-refractivity contribution is 1.13. The van der Waals surface area contributed by atoms with Crippen molar-refractivity contribution in [2.45, 2.75) is 6.54 Å². The number of hydrogen-bond acceptors (Lipinski definition) is 1. The summed E-state index contributed by atoms with van der Waals surface area (Å²) in [6.45, 7) is 0.820. The van der Waals surface area contributed by atoms with Crippen LogP contribution in [-0.2, 0) is 6.54 Å². The number of rotatable bonds is 3. The van der Waals surface area contributed by atoms with Crippen molar-refractivity contribution in [3.05, 3.63) is 64.6 Å². The average Bonchev–Trinajstić information content (AvgIpc) is 2.81. The molecule has 0 bridgehead atoms. The Morgan fingerprint density at radius 3 is 2.56 bits per heavy atom. The van der Waals surface area contributed by atoms with E-state index in [1.807, 2.05) is 6.07 Å². The van der Waals surface area contributed by atoms with Crippen molar-refractivity contribution in [2.24, 2.45) is 0 Å². The topological polar surface area (TPSA) is 27.8 Å². The largest absolute Gasteiger partial charge is 0.368 e. The molecule has 18 heavy (non-hydrogen) atoms. The van der Waals surface area contributed by atoms with Gasteiger partial charge in [0.1, 0.15) is 5.82 Å². The Morgan fingerprint density at radius 1 is 1.00 bits per heavy atom. The number of para-hydroxylation sites is 1. The van der Waals surface area contributed by atoms with Crippen LogP contribution in [0, 0.1) is 0 Å². The third-order valence-corrected chi connectivity index (χ3v) is 3.45. The molecule has 3 rings (SSSR count). The molecule has 0 atom stereocenters. The first-order valence-corrected chi connectivity index (χ1v) is 6.67. The van der Waals surface area contributed by atoms with Gasteiger partial charge in [-0.2, -0.15) is 0 Å². The second-order valence-corrected chi connectivity index (χ2v) is 5.17. The normalized spacial score (nSPS) is 10.7. The first-order valence-electron chi connectivity index (χ1n) is 5.87. The number of aromatic amines is 1. The van der Waals surface area contributed by atoms with E-state index in [4.69, 9.17) is 0 Å². The van der Waals surface area contributed by atoms with Crippen LogP contribution in [0.25, 0.3) is 10.9 Å². The second-order valence-electron chi connectivity index (χ2n) is 4.25. The van der Waals surface area contributed by atoms with E-state index in [2.05, 4.69) is 74.8 Å². The molecular weight excluding hydrogens is 288 g/mol. The Morgan fingerprint density at radius 2 is 1.78 bits per heavy atom. The van der Waals surface area contributed by atoms with E-state index in [1.54, 1.807) is 0 Å². The Labute approximate surface area is 114 Å². The Kier molecular flexibility index (Phi) is 3.07. The zero-order valence-electron chi connectivity index (χ0n) is 9.78. The van der Waals surface area contributed by atoms with Crippen LogP contribution < -0.4 is 5.32 Å². The van der Waals surface area contributed by atoms with Crippen LogP contribution in [0.1, 0.15) is 5.56 Å². The van der Waals surface area contributed by atoms with Crippen molar-refractivity contribution in [2.75, 3.05) is 5.32 Å². The minimum absolute atomic E-state index is 0.820. The molecule has 0 aliphatic rings. The smallest absolute Gasteiger partial charge is 0.104 e. The summed E-state index contributed by atoms with van der Waals surface area (Å²) in [7, 11) is 0. The zero-order chi connectivity index (χ0) is 12.4. The molecule has 1 aromatic heterocycles.